The van der Waals surface area contributed by atoms with E-state index in [1.54, 1.807) is 0 Å². The summed E-state index contributed by atoms with van der Waals surface area (Å²) >= 11 is 0. The SMILES string of the molecule is CC(C)=CCO[Si](C)(C)OCC=C(C)C.CC(C)=CCO[Si](OCC=C(C)C)(C(C)C)C(C)C.CC(C)=CCO[Si](OCC=C(C)C)(c1ccccc1)c1ccccc1.CC[Si](CC)(OCC=C(C)C)OCC=C(C)C. The van der Waals surface area contributed by atoms with Gasteiger partial charge in [-0.15, -0.1) is 0 Å². The average Bonchev–Trinajstić information content (AvgIpc) is 3.32. The molecule has 0 aliphatic carbocycles. The molecule has 0 aromatic heterocycles. The van der Waals surface area contributed by atoms with Gasteiger partial charge in [0.15, 0.2) is 0 Å². The first kappa shape index (κ1) is 75.0. The summed E-state index contributed by atoms with van der Waals surface area (Å²) in [6.07, 6.45) is 16.9. The van der Waals surface area contributed by atoms with Gasteiger partial charge in [-0.1, -0.05) is 195 Å². The Morgan fingerprint density at radius 2 is 0.566 bits per heavy atom. The molecule has 0 atom stereocenters. The minimum Gasteiger partial charge on any atom is -0.391 e. The molecule has 0 bridgehead atoms. The van der Waals surface area contributed by atoms with E-state index < -0.39 is 34.2 Å². The van der Waals surface area contributed by atoms with Gasteiger partial charge in [-0.25, -0.2) is 0 Å². The van der Waals surface area contributed by atoms with E-state index in [-0.39, 0.29) is 0 Å². The van der Waals surface area contributed by atoms with Gasteiger partial charge >= 0.3 is 34.2 Å². The molecular formula is C64H112O8Si4. The van der Waals surface area contributed by atoms with E-state index in [0.717, 1.165) is 22.5 Å². The van der Waals surface area contributed by atoms with Crippen LogP contribution in [0.3, 0.4) is 0 Å². The van der Waals surface area contributed by atoms with Gasteiger partial charge in [-0.2, -0.15) is 0 Å². The van der Waals surface area contributed by atoms with Gasteiger partial charge in [0.1, 0.15) is 0 Å². The minimum absolute atomic E-state index is 0.448. The molecule has 0 saturated carbocycles. The molecule has 0 unspecified atom stereocenters. The predicted molar refractivity (Wildman–Crippen MR) is 341 cm³/mol. The van der Waals surface area contributed by atoms with E-state index in [4.69, 9.17) is 35.4 Å². The largest absolute Gasteiger partial charge is 0.407 e. The fourth-order valence-corrected chi connectivity index (χ4v) is 16.5. The van der Waals surface area contributed by atoms with Crippen molar-refractivity contribution >= 4 is 44.6 Å². The summed E-state index contributed by atoms with van der Waals surface area (Å²) in [7, 11) is -8.84. The molecule has 432 valence electrons. The van der Waals surface area contributed by atoms with Crippen molar-refractivity contribution in [3.05, 3.63) is 154 Å². The first-order valence-electron chi connectivity index (χ1n) is 27.8. The lowest BCUT2D eigenvalue weighted by atomic mass is 10.3. The second kappa shape index (κ2) is 41.9. The third-order valence-corrected chi connectivity index (χ3v) is 24.7. The lowest BCUT2D eigenvalue weighted by Crippen LogP contribution is -2.63. The molecular weight excluding hydrogens is 1010 g/mol. The molecule has 0 aliphatic rings. The fraction of sp³-hybridized carbons (Fsp3) is 0.562. The second-order valence-electron chi connectivity index (χ2n) is 22.1. The van der Waals surface area contributed by atoms with E-state index in [2.05, 4.69) is 263 Å². The molecule has 0 amide bonds. The Balaban J connectivity index is 0. The van der Waals surface area contributed by atoms with Crippen molar-refractivity contribution in [3.8, 4) is 0 Å². The molecule has 0 heterocycles. The lowest BCUT2D eigenvalue weighted by Gasteiger charge is -2.37. The first-order valence-corrected chi connectivity index (χ1v) is 36.7. The highest BCUT2D eigenvalue weighted by Crippen LogP contribution is 2.34. The van der Waals surface area contributed by atoms with Crippen molar-refractivity contribution in [1.29, 1.82) is 0 Å². The van der Waals surface area contributed by atoms with Crippen molar-refractivity contribution in [2.75, 3.05) is 52.9 Å². The van der Waals surface area contributed by atoms with Gasteiger partial charge in [0.05, 0.1) is 52.9 Å². The van der Waals surface area contributed by atoms with Crippen molar-refractivity contribution in [3.63, 3.8) is 0 Å². The maximum absolute atomic E-state index is 6.51. The van der Waals surface area contributed by atoms with Crippen LogP contribution in [0.2, 0.25) is 36.3 Å². The summed E-state index contributed by atoms with van der Waals surface area (Å²) in [5.74, 6) is 0. The zero-order chi connectivity index (χ0) is 58.4. The zero-order valence-electron chi connectivity index (χ0n) is 52.9. The molecule has 0 radical (unpaired) electrons. The van der Waals surface area contributed by atoms with Gasteiger partial charge in [0.25, 0.3) is 0 Å². The number of rotatable bonds is 30. The van der Waals surface area contributed by atoms with Crippen LogP contribution in [0.4, 0.5) is 0 Å². The standard InChI is InChI=1S/C22H28O2Si.C16H32O2Si.C14H28O2Si.C12H24O2Si/c1-19(2)15-17-23-25(24-18-16-20(3)4,21-11-7-5-8-12-21)22-13-9-6-10-14-22;1-13(2)9-11-17-19(15(5)6,16(7)8)18-12-10-14(3)4;1-7-17(8-2,15-11-9-13(3)4)16-12-10-14(5)6;1-11(2)7-9-13-15(5,6)14-10-8-12(3)4/h5-16H,17-18H2,1-4H3;9-10,15-16H,11-12H2,1-8H3;9-10H,7-8,11-12H2,1-6H3;7-8H,9-10H2,1-6H3. The summed E-state index contributed by atoms with van der Waals surface area (Å²) < 4.78 is 49.1. The van der Waals surface area contributed by atoms with Crippen molar-refractivity contribution in [1.82, 2.24) is 0 Å². The molecule has 76 heavy (non-hydrogen) atoms. The normalized spacial score (nSPS) is 11.3. The zero-order valence-corrected chi connectivity index (χ0v) is 56.9. The van der Waals surface area contributed by atoms with Crippen LogP contribution < -0.4 is 10.4 Å². The van der Waals surface area contributed by atoms with Gasteiger partial charge < -0.3 is 35.4 Å². The third-order valence-electron chi connectivity index (χ3n) is 11.7. The van der Waals surface area contributed by atoms with Crippen LogP contribution in [0.5, 0.6) is 0 Å². The molecule has 2 aromatic carbocycles. The van der Waals surface area contributed by atoms with Gasteiger partial charge in [0, 0.05) is 0 Å². The molecule has 0 N–H and O–H groups in total. The van der Waals surface area contributed by atoms with Gasteiger partial charge in [-0.05, 0) is 157 Å². The third kappa shape index (κ3) is 35.4. The monoisotopic (exact) mass is 1120 g/mol. The smallest absolute Gasteiger partial charge is 0.391 e. The summed E-state index contributed by atoms with van der Waals surface area (Å²) in [4.78, 5) is 0. The summed E-state index contributed by atoms with van der Waals surface area (Å²) in [6, 6.07) is 22.7. The molecule has 12 heteroatoms. The van der Waals surface area contributed by atoms with Crippen molar-refractivity contribution < 1.29 is 35.4 Å². The minimum atomic E-state index is -2.77. The molecule has 0 spiro atoms. The molecule has 2 aromatic rings. The van der Waals surface area contributed by atoms with Crippen molar-refractivity contribution in [2.24, 2.45) is 0 Å². The second-order valence-corrected chi connectivity index (χ2v) is 36.6. The van der Waals surface area contributed by atoms with Crippen molar-refractivity contribution in [2.45, 2.75) is 189 Å². The van der Waals surface area contributed by atoms with E-state index in [1.807, 2.05) is 12.1 Å². The first-order chi connectivity index (χ1) is 35.6. The summed E-state index contributed by atoms with van der Waals surface area (Å²) in [5.41, 5.74) is 11.1. The maximum atomic E-state index is 6.51. The topological polar surface area (TPSA) is 73.8 Å². The molecule has 8 nitrogen and oxygen atoms in total. The molecule has 2 rings (SSSR count). The summed E-state index contributed by atoms with van der Waals surface area (Å²) in [5, 5.41) is 2.26. The quantitative estimate of drug-likeness (QED) is 0.0566. The van der Waals surface area contributed by atoms with Crippen LogP contribution in [-0.4, -0.2) is 87.1 Å². The molecule has 0 fully saturated rings. The highest BCUT2D eigenvalue weighted by molar-refractivity contribution is 6.92. The molecule has 0 aliphatic heterocycles. The fourth-order valence-electron chi connectivity index (χ4n) is 6.84. The average molecular weight is 1120 g/mol. The number of hydrogen-bond acceptors (Lipinski definition) is 8. The van der Waals surface area contributed by atoms with Crippen LogP contribution >= 0.6 is 0 Å². The Kier molecular flexibility index (Phi) is 41.3. The van der Waals surface area contributed by atoms with Crippen LogP contribution in [0.15, 0.2) is 154 Å². The predicted octanol–water partition coefficient (Wildman–Crippen LogP) is 17.5. The van der Waals surface area contributed by atoms with E-state index in [1.165, 1.54) is 44.6 Å². The number of hydrogen-bond donors (Lipinski definition) is 0. The lowest BCUT2D eigenvalue weighted by molar-refractivity contribution is 0.183. The Bertz CT molecular complexity index is 1920. The van der Waals surface area contributed by atoms with E-state index >= 15 is 0 Å². The van der Waals surface area contributed by atoms with Crippen LogP contribution in [0, 0.1) is 0 Å². The van der Waals surface area contributed by atoms with Crippen LogP contribution in [-0.2, 0) is 35.4 Å². The van der Waals surface area contributed by atoms with Crippen LogP contribution in [0.25, 0.3) is 0 Å². The Morgan fingerprint density at radius 3 is 0.789 bits per heavy atom. The number of benzene rings is 2. The Hall–Kier alpha value is -3.09. The van der Waals surface area contributed by atoms with Gasteiger partial charge in [0.2, 0.25) is 0 Å². The van der Waals surface area contributed by atoms with Gasteiger partial charge in [-0.3, -0.25) is 0 Å². The Morgan fingerprint density at radius 1 is 0.342 bits per heavy atom. The van der Waals surface area contributed by atoms with Crippen LogP contribution in [0.1, 0.15) is 152 Å². The Labute approximate surface area is 472 Å². The highest BCUT2D eigenvalue weighted by atomic mass is 28.4. The maximum Gasteiger partial charge on any atom is 0.407 e. The van der Waals surface area contributed by atoms with E-state index in [9.17, 15) is 0 Å². The molecule has 0 saturated heterocycles. The highest BCUT2D eigenvalue weighted by Gasteiger charge is 2.45. The number of allylic oxidation sites excluding steroid dienone is 8. The van der Waals surface area contributed by atoms with E-state index in [0.29, 0.717) is 63.9 Å². The summed E-state index contributed by atoms with van der Waals surface area (Å²) in [6.45, 7) is 55.9.